The number of halogens is 2. The second-order valence-electron chi connectivity index (χ2n) is 6.10. The van der Waals surface area contributed by atoms with Crippen molar-refractivity contribution in [3.63, 3.8) is 0 Å². The molecule has 2 rings (SSSR count). The van der Waals surface area contributed by atoms with Crippen LogP contribution in [0.5, 0.6) is 11.5 Å². The monoisotopic (exact) mass is 517 g/mol. The fraction of sp³-hybridized carbons (Fsp3) is 0.381. The number of nitrogens with one attached hydrogen (secondary N) is 2. The molecule has 0 saturated heterocycles. The molecule has 6 nitrogen and oxygen atoms in total. The molecule has 0 aliphatic rings. The number of hydrogen-bond donors (Lipinski definition) is 2. The van der Waals surface area contributed by atoms with E-state index in [1.807, 2.05) is 25.1 Å². The molecule has 2 N–H and O–H groups in total. The first-order valence-electron chi connectivity index (χ1n) is 9.10. The van der Waals surface area contributed by atoms with Gasteiger partial charge in [-0.25, -0.2) is 9.38 Å². The SMILES string of the molecule is CCNC(=NCc1ccc(F)c(COC)c1)NCc1ccc(OC)c(OC)c1.I. The molecule has 0 heterocycles. The van der Waals surface area contributed by atoms with Gasteiger partial charge in [0.25, 0.3) is 0 Å². The van der Waals surface area contributed by atoms with Crippen LogP contribution in [0, 0.1) is 5.82 Å². The van der Waals surface area contributed by atoms with Gasteiger partial charge in [0.05, 0.1) is 27.4 Å². The Bertz CT molecular complexity index is 803. The highest BCUT2D eigenvalue weighted by Gasteiger charge is 2.06. The average Bonchev–Trinajstić information content (AvgIpc) is 2.72. The van der Waals surface area contributed by atoms with Crippen LogP contribution < -0.4 is 20.1 Å². The van der Waals surface area contributed by atoms with Gasteiger partial charge in [0.15, 0.2) is 17.5 Å². The molecule has 0 unspecified atom stereocenters. The summed E-state index contributed by atoms with van der Waals surface area (Å²) in [4.78, 5) is 4.58. The zero-order valence-corrected chi connectivity index (χ0v) is 19.6. The third kappa shape index (κ3) is 7.69. The molecule has 0 spiro atoms. The summed E-state index contributed by atoms with van der Waals surface area (Å²) >= 11 is 0. The summed E-state index contributed by atoms with van der Waals surface area (Å²) in [5, 5.41) is 6.50. The third-order valence-electron chi connectivity index (χ3n) is 4.08. The number of aliphatic imine (C=N–C) groups is 1. The second kappa shape index (κ2) is 13.2. The first kappa shape index (κ1) is 25.0. The lowest BCUT2D eigenvalue weighted by molar-refractivity contribution is 0.181. The highest BCUT2D eigenvalue weighted by atomic mass is 127. The smallest absolute Gasteiger partial charge is 0.191 e. The normalized spacial score (nSPS) is 10.9. The fourth-order valence-electron chi connectivity index (χ4n) is 2.68. The molecule has 0 aliphatic heterocycles. The first-order valence-corrected chi connectivity index (χ1v) is 9.10. The van der Waals surface area contributed by atoms with E-state index in [2.05, 4.69) is 15.6 Å². The zero-order valence-electron chi connectivity index (χ0n) is 17.3. The van der Waals surface area contributed by atoms with Gasteiger partial charge in [-0.15, -0.1) is 24.0 Å². The summed E-state index contributed by atoms with van der Waals surface area (Å²) < 4.78 is 29.4. The molecule has 0 aliphatic carbocycles. The minimum atomic E-state index is -0.270. The van der Waals surface area contributed by atoms with Crippen molar-refractivity contribution in [2.45, 2.75) is 26.6 Å². The largest absolute Gasteiger partial charge is 0.493 e. The van der Waals surface area contributed by atoms with Gasteiger partial charge < -0.3 is 24.8 Å². The Morgan fingerprint density at radius 1 is 0.966 bits per heavy atom. The fourth-order valence-corrected chi connectivity index (χ4v) is 2.68. The van der Waals surface area contributed by atoms with E-state index < -0.39 is 0 Å². The molecule has 29 heavy (non-hydrogen) atoms. The summed E-state index contributed by atoms with van der Waals surface area (Å²) in [6.45, 7) is 3.97. The molecule has 2 aromatic rings. The Labute approximate surface area is 188 Å². The van der Waals surface area contributed by atoms with E-state index in [0.29, 0.717) is 36.1 Å². The van der Waals surface area contributed by atoms with E-state index >= 15 is 0 Å². The van der Waals surface area contributed by atoms with Gasteiger partial charge in [-0.05, 0) is 42.3 Å². The Kier molecular flexibility index (Phi) is 11.4. The Morgan fingerprint density at radius 2 is 1.69 bits per heavy atom. The maximum absolute atomic E-state index is 13.7. The molecule has 160 valence electrons. The van der Waals surface area contributed by atoms with E-state index in [1.165, 1.54) is 6.07 Å². The van der Waals surface area contributed by atoms with Crippen molar-refractivity contribution in [2.75, 3.05) is 27.9 Å². The summed E-state index contributed by atoms with van der Waals surface area (Å²) in [5.41, 5.74) is 2.47. The van der Waals surface area contributed by atoms with Gasteiger partial charge in [0.2, 0.25) is 0 Å². The molecule has 0 aromatic heterocycles. The highest BCUT2D eigenvalue weighted by molar-refractivity contribution is 14.0. The maximum Gasteiger partial charge on any atom is 0.191 e. The summed E-state index contributed by atoms with van der Waals surface area (Å²) in [5.74, 6) is 1.78. The van der Waals surface area contributed by atoms with Crippen LogP contribution in [0.3, 0.4) is 0 Å². The van der Waals surface area contributed by atoms with Gasteiger partial charge >= 0.3 is 0 Å². The van der Waals surface area contributed by atoms with Crippen molar-refractivity contribution < 1.29 is 18.6 Å². The first-order chi connectivity index (χ1) is 13.6. The number of guanidine groups is 1. The van der Waals surface area contributed by atoms with Crippen molar-refractivity contribution in [3.8, 4) is 11.5 Å². The lowest BCUT2D eigenvalue weighted by atomic mass is 10.1. The van der Waals surface area contributed by atoms with Crippen LogP contribution in [0.15, 0.2) is 41.4 Å². The maximum atomic E-state index is 13.7. The number of ether oxygens (including phenoxy) is 3. The Hall–Kier alpha value is -2.07. The number of nitrogens with zero attached hydrogens (tertiary/aromatic N) is 1. The van der Waals surface area contributed by atoms with Crippen LogP contribution in [0.25, 0.3) is 0 Å². The molecule has 2 aromatic carbocycles. The van der Waals surface area contributed by atoms with Crippen molar-refractivity contribution in [2.24, 2.45) is 4.99 Å². The van der Waals surface area contributed by atoms with Crippen LogP contribution in [0.1, 0.15) is 23.6 Å². The zero-order chi connectivity index (χ0) is 20.4. The molecule has 0 amide bonds. The quantitative estimate of drug-likeness (QED) is 0.301. The highest BCUT2D eigenvalue weighted by Crippen LogP contribution is 2.27. The standard InChI is InChI=1S/C21H28FN3O3.HI/c1-5-23-21(24-12-15-6-8-18(22)17(10-15)14-26-2)25-13-16-7-9-19(27-3)20(11-16)28-4;/h6-11H,5,12-14H2,1-4H3,(H2,23,24,25);1H. The number of methoxy groups -OCH3 is 3. The third-order valence-corrected chi connectivity index (χ3v) is 4.08. The van der Waals surface area contributed by atoms with Crippen molar-refractivity contribution in [3.05, 3.63) is 58.9 Å². The van der Waals surface area contributed by atoms with Gasteiger partial charge in [-0.1, -0.05) is 12.1 Å². The topological polar surface area (TPSA) is 64.1 Å². The second-order valence-corrected chi connectivity index (χ2v) is 6.10. The Morgan fingerprint density at radius 3 is 2.34 bits per heavy atom. The van der Waals surface area contributed by atoms with E-state index in [1.54, 1.807) is 33.5 Å². The molecule has 0 radical (unpaired) electrons. The molecule has 0 bridgehead atoms. The van der Waals surface area contributed by atoms with Crippen LogP contribution in [-0.2, 0) is 24.4 Å². The van der Waals surface area contributed by atoms with E-state index in [9.17, 15) is 4.39 Å². The van der Waals surface area contributed by atoms with Crippen LogP contribution >= 0.6 is 24.0 Å². The van der Waals surface area contributed by atoms with Crippen molar-refractivity contribution in [1.29, 1.82) is 0 Å². The van der Waals surface area contributed by atoms with E-state index in [4.69, 9.17) is 14.2 Å². The molecular weight excluding hydrogens is 488 g/mol. The Balaban J connectivity index is 0.00000420. The number of hydrogen-bond acceptors (Lipinski definition) is 4. The van der Waals surface area contributed by atoms with Gasteiger partial charge in [0, 0.05) is 25.8 Å². The van der Waals surface area contributed by atoms with Gasteiger partial charge in [0.1, 0.15) is 5.82 Å². The van der Waals surface area contributed by atoms with Gasteiger partial charge in [-0.2, -0.15) is 0 Å². The van der Waals surface area contributed by atoms with Crippen molar-refractivity contribution >= 4 is 29.9 Å². The molecule has 0 fully saturated rings. The van der Waals surface area contributed by atoms with Crippen LogP contribution in [-0.4, -0.2) is 33.8 Å². The average molecular weight is 517 g/mol. The lowest BCUT2D eigenvalue weighted by Gasteiger charge is -2.13. The molecule has 0 saturated carbocycles. The van der Waals surface area contributed by atoms with Gasteiger partial charge in [-0.3, -0.25) is 0 Å². The molecule has 0 atom stereocenters. The van der Waals surface area contributed by atoms with E-state index in [0.717, 1.165) is 17.7 Å². The summed E-state index contributed by atoms with van der Waals surface area (Å²) in [7, 11) is 4.77. The summed E-state index contributed by atoms with van der Waals surface area (Å²) in [6.07, 6.45) is 0. The van der Waals surface area contributed by atoms with Crippen LogP contribution in [0.4, 0.5) is 4.39 Å². The van der Waals surface area contributed by atoms with Crippen molar-refractivity contribution in [1.82, 2.24) is 10.6 Å². The summed E-state index contributed by atoms with van der Waals surface area (Å²) in [6, 6.07) is 10.7. The molecular formula is C21H29FIN3O3. The predicted molar refractivity (Wildman–Crippen MR) is 124 cm³/mol. The number of benzene rings is 2. The minimum absolute atomic E-state index is 0. The molecule has 8 heteroatoms. The van der Waals surface area contributed by atoms with Crippen LogP contribution in [0.2, 0.25) is 0 Å². The lowest BCUT2D eigenvalue weighted by Crippen LogP contribution is -2.36. The number of rotatable bonds is 9. The minimum Gasteiger partial charge on any atom is -0.493 e. The van der Waals surface area contributed by atoms with E-state index in [-0.39, 0.29) is 36.4 Å². The predicted octanol–water partition coefficient (Wildman–Crippen LogP) is 3.86.